The molecule has 2 aromatic rings. The second kappa shape index (κ2) is 3.38. The van der Waals surface area contributed by atoms with Crippen LogP contribution in [-0.4, -0.2) is 10.1 Å². The van der Waals surface area contributed by atoms with Crippen molar-refractivity contribution in [3.63, 3.8) is 0 Å². The molecule has 2 heterocycles. The maximum Gasteiger partial charge on any atom is 0.166 e. The van der Waals surface area contributed by atoms with Crippen LogP contribution in [0, 0.1) is 0 Å². The molecule has 0 spiro atoms. The van der Waals surface area contributed by atoms with Gasteiger partial charge in [-0.15, -0.1) is 0 Å². The average molecular weight is 186 g/mol. The van der Waals surface area contributed by atoms with Crippen LogP contribution in [-0.2, 0) is 0 Å². The van der Waals surface area contributed by atoms with Crippen LogP contribution in [0.2, 0.25) is 0 Å². The summed E-state index contributed by atoms with van der Waals surface area (Å²) in [6, 6.07) is 1.94. The van der Waals surface area contributed by atoms with Gasteiger partial charge in [-0.1, -0.05) is 18.3 Å². The first-order chi connectivity index (χ1) is 6.77. The van der Waals surface area contributed by atoms with E-state index >= 15 is 0 Å². The Morgan fingerprint density at radius 1 is 1.36 bits per heavy atom. The lowest BCUT2D eigenvalue weighted by molar-refractivity contribution is 0.394. The van der Waals surface area contributed by atoms with Crippen LogP contribution in [0.5, 0.6) is 0 Å². The molecule has 0 saturated heterocycles. The number of nitrogens with zero attached hydrogens (tertiary/aromatic N) is 1. The number of aromatic amines is 1. The van der Waals surface area contributed by atoms with Crippen LogP contribution in [0.4, 0.5) is 0 Å². The minimum absolute atomic E-state index is 0.672. The number of hydrogen-bond acceptors (Lipinski definition) is 2. The summed E-state index contributed by atoms with van der Waals surface area (Å²) >= 11 is 0. The third-order valence-electron chi connectivity index (χ3n) is 1.96. The van der Waals surface area contributed by atoms with E-state index in [4.69, 9.17) is 4.52 Å². The van der Waals surface area contributed by atoms with Crippen molar-refractivity contribution in [2.24, 2.45) is 0 Å². The monoisotopic (exact) mass is 186 g/mol. The molecule has 0 aliphatic heterocycles. The molecule has 0 atom stereocenters. The summed E-state index contributed by atoms with van der Waals surface area (Å²) in [6.45, 7) is 7.61. The summed E-state index contributed by atoms with van der Waals surface area (Å²) in [4.78, 5) is 2.99. The lowest BCUT2D eigenvalue weighted by Gasteiger charge is -1.74. The molecule has 70 valence electrons. The van der Waals surface area contributed by atoms with Crippen molar-refractivity contribution in [2.75, 3.05) is 0 Å². The number of hydrogen-bond donors (Lipinski definition) is 1. The zero-order valence-corrected chi connectivity index (χ0v) is 7.66. The van der Waals surface area contributed by atoms with Gasteiger partial charge < -0.3 is 9.51 Å². The Hall–Kier alpha value is -2.03. The zero-order chi connectivity index (χ0) is 9.97. The molecule has 1 N–H and O–H groups in total. The SMILES string of the molecule is C=c1cnoc1=CC=c1cc[nH]c1=C. The summed E-state index contributed by atoms with van der Waals surface area (Å²) in [6.07, 6.45) is 7.16. The topological polar surface area (TPSA) is 41.8 Å². The quantitative estimate of drug-likeness (QED) is 0.626. The Morgan fingerprint density at radius 2 is 2.21 bits per heavy atom. The Morgan fingerprint density at radius 3 is 2.79 bits per heavy atom. The van der Waals surface area contributed by atoms with Crippen molar-refractivity contribution in [1.82, 2.24) is 10.1 Å². The highest BCUT2D eigenvalue weighted by Crippen LogP contribution is 1.68. The Bertz CT molecular complexity index is 575. The standard InChI is InChI=1S/C11H10N2O/c1-8-7-13-14-11(8)4-3-10-5-6-12-9(10)2/h3-7,12H,1-2H2. The van der Waals surface area contributed by atoms with E-state index in [0.29, 0.717) is 5.42 Å². The number of aromatic nitrogens is 2. The molecule has 0 fully saturated rings. The van der Waals surface area contributed by atoms with Gasteiger partial charge >= 0.3 is 0 Å². The maximum absolute atomic E-state index is 4.97. The van der Waals surface area contributed by atoms with Gasteiger partial charge in [-0.05, 0) is 23.4 Å². The second-order valence-corrected chi connectivity index (χ2v) is 2.96. The highest BCUT2D eigenvalue weighted by molar-refractivity contribution is 5.59. The van der Waals surface area contributed by atoms with Gasteiger partial charge in [-0.25, -0.2) is 0 Å². The molecule has 0 aliphatic carbocycles. The molecule has 14 heavy (non-hydrogen) atoms. The van der Waals surface area contributed by atoms with E-state index < -0.39 is 0 Å². The van der Waals surface area contributed by atoms with Crippen molar-refractivity contribution in [3.8, 4) is 0 Å². The first kappa shape index (κ1) is 8.56. The van der Waals surface area contributed by atoms with E-state index in [2.05, 4.69) is 23.3 Å². The average Bonchev–Trinajstić information content (AvgIpc) is 2.72. The second-order valence-electron chi connectivity index (χ2n) is 2.96. The fourth-order valence-corrected chi connectivity index (χ4v) is 1.14. The summed E-state index contributed by atoms with van der Waals surface area (Å²) in [5, 5.41) is 6.32. The van der Waals surface area contributed by atoms with Crippen molar-refractivity contribution in [3.05, 3.63) is 39.7 Å². The van der Waals surface area contributed by atoms with Gasteiger partial charge in [0.05, 0.1) is 6.20 Å². The molecule has 0 bridgehead atoms. The van der Waals surface area contributed by atoms with Gasteiger partial charge in [-0.3, -0.25) is 0 Å². The Labute approximate surface area is 80.4 Å². The van der Waals surface area contributed by atoms with E-state index in [-0.39, 0.29) is 0 Å². The van der Waals surface area contributed by atoms with Crippen LogP contribution in [0.25, 0.3) is 25.3 Å². The molecule has 0 aliphatic rings. The highest BCUT2D eigenvalue weighted by Gasteiger charge is 1.85. The molecule has 0 amide bonds. The molecule has 0 radical (unpaired) electrons. The van der Waals surface area contributed by atoms with Crippen LogP contribution in [0.1, 0.15) is 0 Å². The molecule has 3 nitrogen and oxygen atoms in total. The molecule has 2 rings (SSSR count). The smallest absolute Gasteiger partial charge is 0.166 e. The largest absolute Gasteiger partial charge is 0.362 e. The van der Waals surface area contributed by atoms with E-state index in [1.54, 1.807) is 6.20 Å². The summed E-state index contributed by atoms with van der Waals surface area (Å²) in [7, 11) is 0. The summed E-state index contributed by atoms with van der Waals surface area (Å²) in [5.41, 5.74) is 0.672. The van der Waals surface area contributed by atoms with Crippen LogP contribution in [0.3, 0.4) is 0 Å². The molecule has 0 aromatic carbocycles. The van der Waals surface area contributed by atoms with Gasteiger partial charge in [-0.2, -0.15) is 0 Å². The first-order valence-electron chi connectivity index (χ1n) is 4.21. The summed E-state index contributed by atoms with van der Waals surface area (Å²) < 4.78 is 4.97. The van der Waals surface area contributed by atoms with Gasteiger partial charge in [0.1, 0.15) is 0 Å². The fraction of sp³-hybridized carbons (Fsp3) is 0. The molecular formula is C11H10N2O. The normalized spacial score (nSPS) is 13.7. The molecule has 0 unspecified atom stereocenters. The van der Waals surface area contributed by atoms with E-state index in [1.807, 2.05) is 24.4 Å². The number of rotatable bonds is 1. The van der Waals surface area contributed by atoms with E-state index in [0.717, 1.165) is 15.8 Å². The van der Waals surface area contributed by atoms with Crippen molar-refractivity contribution in [1.29, 1.82) is 0 Å². The zero-order valence-electron chi connectivity index (χ0n) is 7.66. The third kappa shape index (κ3) is 1.52. The minimum atomic E-state index is 0.672. The minimum Gasteiger partial charge on any atom is -0.362 e. The molecule has 2 aromatic heterocycles. The lowest BCUT2D eigenvalue weighted by atomic mass is 10.3. The van der Waals surface area contributed by atoms with Gasteiger partial charge in [0.15, 0.2) is 5.42 Å². The van der Waals surface area contributed by atoms with Crippen molar-refractivity contribution < 1.29 is 4.52 Å². The van der Waals surface area contributed by atoms with Crippen LogP contribution >= 0.6 is 0 Å². The summed E-state index contributed by atoms with van der Waals surface area (Å²) in [5.74, 6) is 0. The number of H-pyrrole nitrogens is 1. The highest BCUT2D eigenvalue weighted by atomic mass is 16.5. The van der Waals surface area contributed by atoms with Gasteiger partial charge in [0, 0.05) is 16.8 Å². The predicted octanol–water partition coefficient (Wildman–Crippen LogP) is -0.915. The fourth-order valence-electron chi connectivity index (χ4n) is 1.14. The molecular weight excluding hydrogens is 176 g/mol. The van der Waals surface area contributed by atoms with E-state index in [9.17, 15) is 0 Å². The Kier molecular flexibility index (Phi) is 2.07. The van der Waals surface area contributed by atoms with Crippen molar-refractivity contribution in [2.45, 2.75) is 0 Å². The predicted molar refractivity (Wildman–Crippen MR) is 55.8 cm³/mol. The van der Waals surface area contributed by atoms with Gasteiger partial charge in [0.25, 0.3) is 0 Å². The van der Waals surface area contributed by atoms with E-state index in [1.165, 1.54) is 0 Å². The van der Waals surface area contributed by atoms with Crippen molar-refractivity contribution >= 4 is 25.3 Å². The molecule has 0 saturated carbocycles. The molecule has 3 heteroatoms. The number of nitrogens with one attached hydrogen (secondary N) is 1. The van der Waals surface area contributed by atoms with Crippen LogP contribution in [0.15, 0.2) is 23.0 Å². The maximum atomic E-state index is 4.97. The van der Waals surface area contributed by atoms with Gasteiger partial charge in [0.2, 0.25) is 0 Å². The lowest BCUT2D eigenvalue weighted by Crippen LogP contribution is -2.21. The van der Waals surface area contributed by atoms with Crippen LogP contribution < -0.4 is 21.2 Å². The Balaban J connectivity index is 2.59. The third-order valence-corrected chi connectivity index (χ3v) is 1.96. The first-order valence-corrected chi connectivity index (χ1v) is 4.21.